The van der Waals surface area contributed by atoms with Crippen molar-refractivity contribution >= 4 is 5.78 Å². The van der Waals surface area contributed by atoms with Crippen LogP contribution in [0, 0.1) is 11.8 Å². The lowest BCUT2D eigenvalue weighted by Gasteiger charge is -2.13. The second kappa shape index (κ2) is 4.19. The molecule has 1 aromatic heterocycles. The quantitative estimate of drug-likeness (QED) is 0.765. The number of likely N-dealkylation sites (tertiary alicyclic amines) is 1. The summed E-state index contributed by atoms with van der Waals surface area (Å²) in [6.45, 7) is 7.16. The van der Waals surface area contributed by atoms with Crippen LogP contribution in [-0.2, 0) is 0 Å². The molecule has 2 unspecified atom stereocenters. The molecule has 3 nitrogen and oxygen atoms in total. The van der Waals surface area contributed by atoms with Crippen LogP contribution in [0.25, 0.3) is 0 Å². The van der Waals surface area contributed by atoms with E-state index in [0.29, 0.717) is 18.4 Å². The number of carbonyl (C=O) groups excluding carboxylic acids is 1. The number of hydrogen-bond donors (Lipinski definition) is 1. The van der Waals surface area contributed by atoms with Crippen molar-refractivity contribution in [3.05, 3.63) is 24.0 Å². The number of carbonyl (C=O) groups is 1. The number of ketones is 1. The Morgan fingerprint density at radius 2 is 2.13 bits per heavy atom. The second-order valence-corrected chi connectivity index (χ2v) is 4.66. The predicted molar refractivity (Wildman–Crippen MR) is 59.9 cm³/mol. The third-order valence-electron chi connectivity index (χ3n) is 3.33. The summed E-state index contributed by atoms with van der Waals surface area (Å²) in [6, 6.07) is 3.70. The van der Waals surface area contributed by atoms with Crippen LogP contribution in [0.15, 0.2) is 18.3 Å². The third-order valence-corrected chi connectivity index (χ3v) is 3.33. The number of H-pyrrole nitrogens is 1. The fraction of sp³-hybridized carbons (Fsp3) is 0.583. The Morgan fingerprint density at radius 1 is 1.47 bits per heavy atom. The normalized spacial score (nSPS) is 27.1. The monoisotopic (exact) mass is 206 g/mol. The van der Waals surface area contributed by atoms with Crippen molar-refractivity contribution < 1.29 is 4.79 Å². The first-order valence-corrected chi connectivity index (χ1v) is 5.55. The molecule has 1 N–H and O–H groups in total. The highest BCUT2D eigenvalue weighted by molar-refractivity contribution is 5.95. The Bertz CT molecular complexity index is 321. The molecular formula is C12H18N2O. The highest BCUT2D eigenvalue weighted by Crippen LogP contribution is 2.21. The van der Waals surface area contributed by atoms with Gasteiger partial charge in [-0.2, -0.15) is 0 Å². The molecule has 3 heteroatoms. The van der Waals surface area contributed by atoms with Crippen LogP contribution in [0.3, 0.4) is 0 Å². The Kier molecular flexibility index (Phi) is 2.91. The van der Waals surface area contributed by atoms with Crippen LogP contribution < -0.4 is 0 Å². The van der Waals surface area contributed by atoms with E-state index in [1.807, 2.05) is 12.1 Å². The fourth-order valence-electron chi connectivity index (χ4n) is 2.17. The molecular weight excluding hydrogens is 188 g/mol. The standard InChI is InChI=1S/C12H18N2O/c1-9-6-14(7-10(9)2)8-12(15)11-4-3-5-13-11/h3-5,9-10,13H,6-8H2,1-2H3. The fourth-order valence-corrected chi connectivity index (χ4v) is 2.17. The SMILES string of the molecule is CC1CN(CC(=O)c2ccc[nH]2)CC1C. The van der Waals surface area contributed by atoms with E-state index in [-0.39, 0.29) is 5.78 Å². The van der Waals surface area contributed by atoms with E-state index in [1.54, 1.807) is 6.20 Å². The molecule has 0 bridgehead atoms. The molecule has 0 saturated carbocycles. The van der Waals surface area contributed by atoms with Crippen molar-refractivity contribution in [1.29, 1.82) is 0 Å². The van der Waals surface area contributed by atoms with Gasteiger partial charge in [0.05, 0.1) is 12.2 Å². The lowest BCUT2D eigenvalue weighted by atomic mass is 10.0. The number of nitrogens with one attached hydrogen (secondary N) is 1. The lowest BCUT2D eigenvalue weighted by molar-refractivity contribution is 0.0938. The molecule has 1 aliphatic rings. The molecule has 0 aromatic carbocycles. The average molecular weight is 206 g/mol. The maximum atomic E-state index is 11.8. The smallest absolute Gasteiger partial charge is 0.192 e. The van der Waals surface area contributed by atoms with Gasteiger partial charge in [-0.15, -0.1) is 0 Å². The zero-order valence-corrected chi connectivity index (χ0v) is 9.36. The molecule has 2 rings (SSSR count). The third kappa shape index (κ3) is 2.29. The summed E-state index contributed by atoms with van der Waals surface area (Å²) in [4.78, 5) is 17.0. The van der Waals surface area contributed by atoms with Gasteiger partial charge < -0.3 is 4.98 Å². The van der Waals surface area contributed by atoms with Crippen LogP contribution in [0.4, 0.5) is 0 Å². The molecule has 0 spiro atoms. The van der Waals surface area contributed by atoms with E-state index in [9.17, 15) is 4.79 Å². The highest BCUT2D eigenvalue weighted by atomic mass is 16.1. The first-order chi connectivity index (χ1) is 7.16. The van der Waals surface area contributed by atoms with Gasteiger partial charge >= 0.3 is 0 Å². The summed E-state index contributed by atoms with van der Waals surface area (Å²) in [5, 5.41) is 0. The number of aromatic nitrogens is 1. The van der Waals surface area contributed by atoms with Crippen molar-refractivity contribution in [1.82, 2.24) is 9.88 Å². The zero-order chi connectivity index (χ0) is 10.8. The molecule has 0 radical (unpaired) electrons. The molecule has 0 amide bonds. The van der Waals surface area contributed by atoms with Crippen LogP contribution in [0.1, 0.15) is 24.3 Å². The highest BCUT2D eigenvalue weighted by Gasteiger charge is 2.27. The van der Waals surface area contributed by atoms with E-state index >= 15 is 0 Å². The van der Waals surface area contributed by atoms with Gasteiger partial charge in [0.15, 0.2) is 5.78 Å². The molecule has 2 heterocycles. The van der Waals surface area contributed by atoms with Crippen molar-refractivity contribution in [2.24, 2.45) is 11.8 Å². The second-order valence-electron chi connectivity index (χ2n) is 4.66. The largest absolute Gasteiger partial charge is 0.359 e. The molecule has 1 aromatic rings. The van der Waals surface area contributed by atoms with Gasteiger partial charge in [0.2, 0.25) is 0 Å². The lowest BCUT2D eigenvalue weighted by Crippen LogP contribution is -2.28. The minimum absolute atomic E-state index is 0.196. The number of hydrogen-bond acceptors (Lipinski definition) is 2. The summed E-state index contributed by atoms with van der Waals surface area (Å²) in [6.07, 6.45) is 1.79. The van der Waals surface area contributed by atoms with E-state index in [2.05, 4.69) is 23.7 Å². The van der Waals surface area contributed by atoms with Crippen molar-refractivity contribution in [3.8, 4) is 0 Å². The van der Waals surface area contributed by atoms with Crippen molar-refractivity contribution in [3.63, 3.8) is 0 Å². The molecule has 1 fully saturated rings. The maximum Gasteiger partial charge on any atom is 0.192 e. The Hall–Kier alpha value is -1.09. The molecule has 82 valence electrons. The molecule has 15 heavy (non-hydrogen) atoms. The summed E-state index contributed by atoms with van der Waals surface area (Å²) in [5.74, 6) is 1.61. The zero-order valence-electron chi connectivity index (χ0n) is 9.36. The van der Waals surface area contributed by atoms with E-state index < -0.39 is 0 Å². The van der Waals surface area contributed by atoms with Gasteiger partial charge in [-0.3, -0.25) is 9.69 Å². The maximum absolute atomic E-state index is 11.8. The summed E-state index contributed by atoms with van der Waals surface area (Å²) < 4.78 is 0. The molecule has 1 saturated heterocycles. The first kappa shape index (κ1) is 10.4. The topological polar surface area (TPSA) is 36.1 Å². The van der Waals surface area contributed by atoms with Crippen molar-refractivity contribution in [2.45, 2.75) is 13.8 Å². The predicted octanol–water partition coefficient (Wildman–Crippen LogP) is 1.79. The Balaban J connectivity index is 1.91. The molecule has 2 atom stereocenters. The number of rotatable bonds is 3. The van der Waals surface area contributed by atoms with Gasteiger partial charge in [0.25, 0.3) is 0 Å². The van der Waals surface area contributed by atoms with Crippen LogP contribution >= 0.6 is 0 Å². The molecule has 1 aliphatic heterocycles. The van der Waals surface area contributed by atoms with Gasteiger partial charge in [-0.25, -0.2) is 0 Å². The molecule has 0 aliphatic carbocycles. The first-order valence-electron chi connectivity index (χ1n) is 5.55. The van der Waals surface area contributed by atoms with E-state index in [4.69, 9.17) is 0 Å². The van der Waals surface area contributed by atoms with Crippen LogP contribution in [0.5, 0.6) is 0 Å². The van der Waals surface area contributed by atoms with Crippen LogP contribution in [-0.4, -0.2) is 35.3 Å². The summed E-state index contributed by atoms with van der Waals surface area (Å²) in [5.41, 5.74) is 0.724. The number of aromatic amines is 1. The van der Waals surface area contributed by atoms with Gasteiger partial charge in [0.1, 0.15) is 0 Å². The van der Waals surface area contributed by atoms with E-state index in [0.717, 1.165) is 18.8 Å². The number of Topliss-reactive ketones (excluding diaryl/α,β-unsaturated/α-hetero) is 1. The van der Waals surface area contributed by atoms with Gasteiger partial charge in [-0.1, -0.05) is 13.8 Å². The van der Waals surface area contributed by atoms with Gasteiger partial charge in [0, 0.05) is 19.3 Å². The number of nitrogens with zero attached hydrogens (tertiary/aromatic N) is 1. The van der Waals surface area contributed by atoms with E-state index in [1.165, 1.54) is 0 Å². The minimum Gasteiger partial charge on any atom is -0.359 e. The summed E-state index contributed by atoms with van der Waals surface area (Å²) >= 11 is 0. The van der Waals surface area contributed by atoms with Crippen molar-refractivity contribution in [2.75, 3.05) is 19.6 Å². The Labute approximate surface area is 90.5 Å². The van der Waals surface area contributed by atoms with Crippen LogP contribution in [0.2, 0.25) is 0 Å². The minimum atomic E-state index is 0.196. The average Bonchev–Trinajstić information content (AvgIpc) is 2.77. The summed E-state index contributed by atoms with van der Waals surface area (Å²) in [7, 11) is 0. The van der Waals surface area contributed by atoms with Gasteiger partial charge in [-0.05, 0) is 24.0 Å². The Morgan fingerprint density at radius 3 is 2.67 bits per heavy atom.